The van der Waals surface area contributed by atoms with Gasteiger partial charge in [0.05, 0.1) is 12.7 Å². The molecule has 1 aliphatic rings. The zero-order chi connectivity index (χ0) is 6.53. The molecule has 54 valence electrons. The summed E-state index contributed by atoms with van der Waals surface area (Å²) < 4.78 is 5.46. The third-order valence-electron chi connectivity index (χ3n) is 1.62. The van der Waals surface area contributed by atoms with E-state index in [9.17, 15) is 0 Å². The van der Waals surface area contributed by atoms with Gasteiger partial charge in [-0.15, -0.1) is 0 Å². The standard InChI is InChI=1S/C7H15NO/c1-2-3-7-6-8-4-5-9-7/h7-8H,2-6H2,1H3/t7-/m1/s1. The fraction of sp³-hybridized carbons (Fsp3) is 1.00. The molecule has 0 aliphatic carbocycles. The summed E-state index contributed by atoms with van der Waals surface area (Å²) >= 11 is 0. The van der Waals surface area contributed by atoms with Crippen molar-refractivity contribution in [1.82, 2.24) is 5.32 Å². The molecule has 9 heavy (non-hydrogen) atoms. The van der Waals surface area contributed by atoms with Crippen LogP contribution in [-0.2, 0) is 4.74 Å². The van der Waals surface area contributed by atoms with Gasteiger partial charge in [-0.25, -0.2) is 0 Å². The molecule has 0 unspecified atom stereocenters. The number of rotatable bonds is 2. The van der Waals surface area contributed by atoms with Gasteiger partial charge in [-0.2, -0.15) is 0 Å². The van der Waals surface area contributed by atoms with Gasteiger partial charge in [0.1, 0.15) is 0 Å². The number of nitrogens with one attached hydrogen (secondary N) is 1. The average molecular weight is 129 g/mol. The van der Waals surface area contributed by atoms with Gasteiger partial charge in [0.15, 0.2) is 0 Å². The Balaban J connectivity index is 2.08. The summed E-state index contributed by atoms with van der Waals surface area (Å²) in [4.78, 5) is 0. The minimum Gasteiger partial charge on any atom is -0.376 e. The topological polar surface area (TPSA) is 21.3 Å². The zero-order valence-corrected chi connectivity index (χ0v) is 6.02. The van der Waals surface area contributed by atoms with Gasteiger partial charge in [-0.1, -0.05) is 13.3 Å². The molecule has 0 bridgehead atoms. The maximum atomic E-state index is 5.46. The van der Waals surface area contributed by atoms with E-state index in [-0.39, 0.29) is 0 Å². The lowest BCUT2D eigenvalue weighted by molar-refractivity contribution is 0.0232. The van der Waals surface area contributed by atoms with E-state index in [2.05, 4.69) is 12.2 Å². The molecule has 0 spiro atoms. The number of morpholine rings is 1. The highest BCUT2D eigenvalue weighted by molar-refractivity contribution is 4.65. The molecule has 1 heterocycles. The van der Waals surface area contributed by atoms with Crippen LogP contribution in [0.2, 0.25) is 0 Å². The highest BCUT2D eigenvalue weighted by Crippen LogP contribution is 2.02. The van der Waals surface area contributed by atoms with Crippen molar-refractivity contribution < 1.29 is 4.74 Å². The third kappa shape index (κ3) is 2.33. The molecule has 2 heteroatoms. The first-order valence-electron chi connectivity index (χ1n) is 3.76. The molecule has 0 saturated carbocycles. The maximum absolute atomic E-state index is 5.46. The quantitative estimate of drug-likeness (QED) is 0.594. The Morgan fingerprint density at radius 3 is 3.11 bits per heavy atom. The smallest absolute Gasteiger partial charge is 0.0700 e. The van der Waals surface area contributed by atoms with Crippen LogP contribution >= 0.6 is 0 Å². The van der Waals surface area contributed by atoms with Gasteiger partial charge in [0.2, 0.25) is 0 Å². The number of hydrogen-bond donors (Lipinski definition) is 1. The predicted octanol–water partition coefficient (Wildman–Crippen LogP) is 0.775. The number of hydrogen-bond acceptors (Lipinski definition) is 2. The summed E-state index contributed by atoms with van der Waals surface area (Å²) in [5.74, 6) is 0. The Labute approximate surface area is 56.6 Å². The van der Waals surface area contributed by atoms with Crippen molar-refractivity contribution in [3.8, 4) is 0 Å². The molecule has 0 aromatic heterocycles. The first-order chi connectivity index (χ1) is 4.43. The van der Waals surface area contributed by atoms with E-state index in [1.54, 1.807) is 0 Å². The van der Waals surface area contributed by atoms with Crippen molar-refractivity contribution >= 4 is 0 Å². The maximum Gasteiger partial charge on any atom is 0.0700 e. The van der Waals surface area contributed by atoms with Crippen LogP contribution in [0.3, 0.4) is 0 Å². The van der Waals surface area contributed by atoms with Crippen molar-refractivity contribution in [2.24, 2.45) is 0 Å². The molecule has 1 fully saturated rings. The van der Waals surface area contributed by atoms with Gasteiger partial charge < -0.3 is 10.1 Å². The minimum atomic E-state index is 0.490. The van der Waals surface area contributed by atoms with Crippen molar-refractivity contribution in [3.05, 3.63) is 0 Å². The van der Waals surface area contributed by atoms with Crippen LogP contribution in [0.25, 0.3) is 0 Å². The molecule has 0 aromatic rings. The van der Waals surface area contributed by atoms with Gasteiger partial charge in [0, 0.05) is 13.1 Å². The van der Waals surface area contributed by atoms with Crippen LogP contribution in [0.15, 0.2) is 0 Å². The predicted molar refractivity (Wildman–Crippen MR) is 37.5 cm³/mol. The van der Waals surface area contributed by atoms with Gasteiger partial charge in [-0.3, -0.25) is 0 Å². The highest BCUT2D eigenvalue weighted by Gasteiger charge is 2.10. The normalized spacial score (nSPS) is 28.3. The Kier molecular flexibility index (Phi) is 3.01. The lowest BCUT2D eigenvalue weighted by Gasteiger charge is -2.22. The van der Waals surface area contributed by atoms with E-state index in [0.29, 0.717) is 6.10 Å². The SMILES string of the molecule is CCC[C@@H]1CNCCO1. The summed E-state index contributed by atoms with van der Waals surface area (Å²) in [6.07, 6.45) is 2.92. The lowest BCUT2D eigenvalue weighted by Crippen LogP contribution is -2.38. The average Bonchev–Trinajstić information content (AvgIpc) is 1.91. The molecule has 1 aliphatic heterocycles. The summed E-state index contributed by atoms with van der Waals surface area (Å²) in [6.45, 7) is 5.16. The lowest BCUT2D eigenvalue weighted by atomic mass is 10.2. The Morgan fingerprint density at radius 1 is 1.67 bits per heavy atom. The van der Waals surface area contributed by atoms with Crippen LogP contribution in [0, 0.1) is 0 Å². The minimum absolute atomic E-state index is 0.490. The highest BCUT2D eigenvalue weighted by atomic mass is 16.5. The molecule has 2 nitrogen and oxygen atoms in total. The second-order valence-corrected chi connectivity index (χ2v) is 2.49. The third-order valence-corrected chi connectivity index (χ3v) is 1.62. The molecule has 0 radical (unpaired) electrons. The van der Waals surface area contributed by atoms with Gasteiger partial charge in [0.25, 0.3) is 0 Å². The molecular weight excluding hydrogens is 114 g/mol. The molecule has 0 aromatic carbocycles. The summed E-state index contributed by atoms with van der Waals surface area (Å²) in [6, 6.07) is 0. The van der Waals surface area contributed by atoms with Crippen molar-refractivity contribution in [2.45, 2.75) is 25.9 Å². The van der Waals surface area contributed by atoms with E-state index in [1.807, 2.05) is 0 Å². The zero-order valence-electron chi connectivity index (χ0n) is 6.02. The molecular formula is C7H15NO. The van der Waals surface area contributed by atoms with Crippen molar-refractivity contribution in [1.29, 1.82) is 0 Å². The Hall–Kier alpha value is -0.0800. The van der Waals surface area contributed by atoms with E-state index in [4.69, 9.17) is 4.74 Å². The fourth-order valence-corrected chi connectivity index (χ4v) is 1.13. The largest absolute Gasteiger partial charge is 0.376 e. The summed E-state index contributed by atoms with van der Waals surface area (Å²) in [5.41, 5.74) is 0. The van der Waals surface area contributed by atoms with Crippen LogP contribution in [0.5, 0.6) is 0 Å². The van der Waals surface area contributed by atoms with E-state index in [1.165, 1.54) is 12.8 Å². The summed E-state index contributed by atoms with van der Waals surface area (Å²) in [5, 5.41) is 3.29. The molecule has 1 N–H and O–H groups in total. The molecule has 0 amide bonds. The van der Waals surface area contributed by atoms with Gasteiger partial charge >= 0.3 is 0 Å². The monoisotopic (exact) mass is 129 g/mol. The fourth-order valence-electron chi connectivity index (χ4n) is 1.13. The Morgan fingerprint density at radius 2 is 2.56 bits per heavy atom. The molecule has 1 atom stereocenters. The van der Waals surface area contributed by atoms with Crippen LogP contribution in [-0.4, -0.2) is 25.8 Å². The number of ether oxygens (including phenoxy) is 1. The van der Waals surface area contributed by atoms with E-state index in [0.717, 1.165) is 19.7 Å². The molecule has 1 rings (SSSR count). The first kappa shape index (κ1) is 7.03. The van der Waals surface area contributed by atoms with E-state index < -0.39 is 0 Å². The van der Waals surface area contributed by atoms with Crippen molar-refractivity contribution in [2.75, 3.05) is 19.7 Å². The van der Waals surface area contributed by atoms with Crippen LogP contribution in [0.1, 0.15) is 19.8 Å². The second-order valence-electron chi connectivity index (χ2n) is 2.49. The van der Waals surface area contributed by atoms with Gasteiger partial charge in [-0.05, 0) is 6.42 Å². The van der Waals surface area contributed by atoms with Crippen LogP contribution < -0.4 is 5.32 Å². The summed E-state index contributed by atoms with van der Waals surface area (Å²) in [7, 11) is 0. The second kappa shape index (κ2) is 3.85. The van der Waals surface area contributed by atoms with Crippen LogP contribution in [0.4, 0.5) is 0 Å². The van der Waals surface area contributed by atoms with E-state index >= 15 is 0 Å². The molecule has 1 saturated heterocycles. The van der Waals surface area contributed by atoms with Crippen molar-refractivity contribution in [3.63, 3.8) is 0 Å². The first-order valence-corrected chi connectivity index (χ1v) is 3.76. The Bertz CT molecular complexity index is 66.6.